The van der Waals surface area contributed by atoms with Crippen LogP contribution in [0.25, 0.3) is 0 Å². The van der Waals surface area contributed by atoms with Crippen LogP contribution in [-0.4, -0.2) is 26.2 Å². The van der Waals surface area contributed by atoms with Crippen LogP contribution in [-0.2, 0) is 13.1 Å². The fourth-order valence-electron chi connectivity index (χ4n) is 3.39. The van der Waals surface area contributed by atoms with Gasteiger partial charge in [-0.15, -0.1) is 0 Å². The number of nitrogens with zero attached hydrogens (tertiary/aromatic N) is 4. The monoisotopic (exact) mass is 521 g/mol. The molecule has 0 spiro atoms. The molecule has 8 nitrogen and oxygen atoms in total. The van der Waals surface area contributed by atoms with Crippen LogP contribution in [0.5, 0.6) is 5.88 Å². The van der Waals surface area contributed by atoms with Crippen molar-refractivity contribution in [1.29, 1.82) is 0 Å². The lowest BCUT2D eigenvalue weighted by atomic mass is 10.2. The van der Waals surface area contributed by atoms with E-state index in [4.69, 9.17) is 16.3 Å². The van der Waals surface area contributed by atoms with Gasteiger partial charge in [-0.25, -0.2) is 36.7 Å². The van der Waals surface area contributed by atoms with Gasteiger partial charge in [-0.3, -0.25) is 4.57 Å². The number of halogens is 5. The van der Waals surface area contributed by atoms with E-state index in [0.717, 1.165) is 21.3 Å². The minimum Gasteiger partial charge on any atom is -0.481 e. The molecule has 4 aromatic rings. The number of nitrogens with one attached hydrogen (secondary N) is 1. The van der Waals surface area contributed by atoms with Crippen LogP contribution in [0, 0.1) is 23.3 Å². The van der Waals surface area contributed by atoms with Crippen LogP contribution >= 0.6 is 11.6 Å². The van der Waals surface area contributed by atoms with E-state index < -0.39 is 41.2 Å². The number of pyridine rings is 1. The van der Waals surface area contributed by atoms with Gasteiger partial charge in [0.05, 0.1) is 30.9 Å². The number of benzene rings is 2. The Kier molecular flexibility index (Phi) is 7.06. The average Bonchev–Trinajstić information content (AvgIpc) is 2.84. The molecule has 2 heterocycles. The van der Waals surface area contributed by atoms with Crippen molar-refractivity contribution in [3.8, 4) is 5.88 Å². The standard InChI is InChI=1S/C23H16ClF4N5O3/c1-36-20-13(3-2-6-29-20)11-33-22(34)31-21(30-18-5-4-14(25)9-15(18)24)32(23(33)35)10-12-7-16(26)19(28)17(27)8-12/h2-9H,10-11H2,1H3,(H,30,31,34). The average molecular weight is 522 g/mol. The normalized spacial score (nSPS) is 10.9. The first-order chi connectivity index (χ1) is 17.2. The van der Waals surface area contributed by atoms with Gasteiger partial charge in [0.15, 0.2) is 17.5 Å². The van der Waals surface area contributed by atoms with E-state index in [1.165, 1.54) is 19.4 Å². The highest BCUT2D eigenvalue weighted by Crippen LogP contribution is 2.25. The highest BCUT2D eigenvalue weighted by atomic mass is 35.5. The summed E-state index contributed by atoms with van der Waals surface area (Å²) in [7, 11) is 1.36. The van der Waals surface area contributed by atoms with Crippen molar-refractivity contribution in [2.75, 3.05) is 12.4 Å². The summed E-state index contributed by atoms with van der Waals surface area (Å²) in [4.78, 5) is 34.1. The number of ether oxygens (including phenoxy) is 1. The van der Waals surface area contributed by atoms with E-state index in [1.807, 2.05) is 0 Å². The van der Waals surface area contributed by atoms with Crippen molar-refractivity contribution in [2.45, 2.75) is 13.1 Å². The third-order valence-corrected chi connectivity index (χ3v) is 5.40. The van der Waals surface area contributed by atoms with Crippen molar-refractivity contribution in [2.24, 2.45) is 0 Å². The molecule has 186 valence electrons. The third kappa shape index (κ3) is 5.08. The molecule has 2 aromatic heterocycles. The number of methoxy groups -OCH3 is 1. The molecule has 0 fully saturated rings. The molecule has 0 saturated heterocycles. The smallest absolute Gasteiger partial charge is 0.355 e. The maximum atomic E-state index is 13.8. The van der Waals surface area contributed by atoms with Gasteiger partial charge in [-0.2, -0.15) is 4.98 Å². The van der Waals surface area contributed by atoms with Gasteiger partial charge >= 0.3 is 11.4 Å². The number of rotatable bonds is 7. The Bertz CT molecular complexity index is 1550. The van der Waals surface area contributed by atoms with Crippen molar-refractivity contribution in [3.05, 3.63) is 109 Å². The highest BCUT2D eigenvalue weighted by molar-refractivity contribution is 6.33. The van der Waals surface area contributed by atoms with Crippen LogP contribution in [0.4, 0.5) is 29.2 Å². The van der Waals surface area contributed by atoms with E-state index in [1.54, 1.807) is 12.1 Å². The van der Waals surface area contributed by atoms with E-state index in [-0.39, 0.29) is 34.6 Å². The second kappa shape index (κ2) is 10.2. The second-order valence-electron chi connectivity index (χ2n) is 7.47. The molecule has 0 amide bonds. The van der Waals surface area contributed by atoms with Crippen molar-refractivity contribution in [3.63, 3.8) is 0 Å². The van der Waals surface area contributed by atoms with E-state index in [2.05, 4.69) is 15.3 Å². The SMILES string of the molecule is COc1ncccc1Cn1c(=O)nc(Nc2ccc(F)cc2Cl)n(Cc2cc(F)c(F)c(F)c2)c1=O. The molecule has 2 aromatic carbocycles. The Morgan fingerprint density at radius 1 is 1.00 bits per heavy atom. The predicted molar refractivity (Wildman–Crippen MR) is 123 cm³/mol. The predicted octanol–water partition coefficient (Wildman–Crippen LogP) is 3.86. The summed E-state index contributed by atoms with van der Waals surface area (Å²) in [5.74, 6) is -5.41. The molecule has 0 aliphatic carbocycles. The zero-order valence-corrected chi connectivity index (χ0v) is 19.2. The molecule has 0 bridgehead atoms. The first-order valence-corrected chi connectivity index (χ1v) is 10.6. The van der Waals surface area contributed by atoms with Gasteiger partial charge in [0.2, 0.25) is 11.8 Å². The number of hydrogen-bond acceptors (Lipinski definition) is 6. The van der Waals surface area contributed by atoms with Crippen molar-refractivity contribution < 1.29 is 22.3 Å². The fraction of sp³-hybridized carbons (Fsp3) is 0.130. The maximum absolute atomic E-state index is 13.8. The lowest BCUT2D eigenvalue weighted by Crippen LogP contribution is -2.43. The Labute approximate surface area is 205 Å². The first-order valence-electron chi connectivity index (χ1n) is 10.2. The second-order valence-corrected chi connectivity index (χ2v) is 7.87. The molecule has 13 heteroatoms. The summed E-state index contributed by atoms with van der Waals surface area (Å²) in [6.07, 6.45) is 1.46. The molecular formula is C23H16ClF4N5O3. The van der Waals surface area contributed by atoms with Crippen LogP contribution < -0.4 is 21.4 Å². The lowest BCUT2D eigenvalue weighted by molar-refractivity contribution is 0.390. The Hall–Kier alpha value is -4.19. The van der Waals surface area contributed by atoms with Crippen LogP contribution in [0.1, 0.15) is 11.1 Å². The highest BCUT2D eigenvalue weighted by Gasteiger charge is 2.19. The van der Waals surface area contributed by atoms with E-state index >= 15 is 0 Å². The molecule has 0 atom stereocenters. The third-order valence-electron chi connectivity index (χ3n) is 5.08. The first kappa shape index (κ1) is 24.9. The molecule has 0 saturated carbocycles. The van der Waals surface area contributed by atoms with Gasteiger partial charge in [-0.1, -0.05) is 17.7 Å². The van der Waals surface area contributed by atoms with Gasteiger partial charge in [0.25, 0.3) is 0 Å². The Balaban J connectivity index is 1.86. The summed E-state index contributed by atoms with van der Waals surface area (Å²) >= 11 is 6.04. The summed E-state index contributed by atoms with van der Waals surface area (Å²) in [6, 6.07) is 7.89. The molecule has 0 aliphatic rings. The zero-order chi connectivity index (χ0) is 26.0. The lowest BCUT2D eigenvalue weighted by Gasteiger charge is -2.17. The van der Waals surface area contributed by atoms with E-state index in [0.29, 0.717) is 17.7 Å². The fourth-order valence-corrected chi connectivity index (χ4v) is 3.61. The number of hydrogen-bond donors (Lipinski definition) is 1. The minimum atomic E-state index is -1.67. The van der Waals surface area contributed by atoms with Crippen LogP contribution in [0.15, 0.2) is 58.3 Å². The Morgan fingerprint density at radius 3 is 2.39 bits per heavy atom. The van der Waals surface area contributed by atoms with Gasteiger partial charge in [0.1, 0.15) is 5.82 Å². The number of anilines is 2. The molecule has 0 radical (unpaired) electrons. The van der Waals surface area contributed by atoms with Crippen molar-refractivity contribution >= 4 is 23.2 Å². The molecule has 1 N–H and O–H groups in total. The minimum absolute atomic E-state index is 0.0843. The Morgan fingerprint density at radius 2 is 1.72 bits per heavy atom. The number of aromatic nitrogens is 4. The van der Waals surface area contributed by atoms with Gasteiger partial charge in [-0.05, 0) is 42.0 Å². The van der Waals surface area contributed by atoms with Gasteiger partial charge in [0, 0.05) is 11.8 Å². The molecule has 0 aliphatic heterocycles. The summed E-state index contributed by atoms with van der Waals surface area (Å²) < 4.78 is 61.4. The maximum Gasteiger partial charge on any atom is 0.355 e. The molecular weight excluding hydrogens is 506 g/mol. The quantitative estimate of drug-likeness (QED) is 0.293. The summed E-state index contributed by atoms with van der Waals surface area (Å²) in [5, 5.41) is 2.58. The molecule has 36 heavy (non-hydrogen) atoms. The van der Waals surface area contributed by atoms with Crippen LogP contribution in [0.2, 0.25) is 5.02 Å². The molecule has 4 rings (SSSR count). The van der Waals surface area contributed by atoms with Gasteiger partial charge < -0.3 is 10.1 Å². The zero-order valence-electron chi connectivity index (χ0n) is 18.4. The largest absolute Gasteiger partial charge is 0.481 e. The summed E-state index contributed by atoms with van der Waals surface area (Å²) in [5.41, 5.74) is -1.55. The summed E-state index contributed by atoms with van der Waals surface area (Å²) in [6.45, 7) is -0.795. The van der Waals surface area contributed by atoms with Crippen LogP contribution in [0.3, 0.4) is 0 Å². The topological polar surface area (TPSA) is 91.0 Å². The molecule has 0 unspecified atom stereocenters. The van der Waals surface area contributed by atoms with E-state index in [9.17, 15) is 27.2 Å². The van der Waals surface area contributed by atoms with Crippen molar-refractivity contribution in [1.82, 2.24) is 19.1 Å².